The third kappa shape index (κ3) is 2.43. The first kappa shape index (κ1) is 13.5. The largest absolute Gasteiger partial charge is 0.376 e. The van der Waals surface area contributed by atoms with E-state index in [4.69, 9.17) is 4.74 Å². The quantitative estimate of drug-likeness (QED) is 0.917. The Labute approximate surface area is 117 Å². The standard InChI is InChI=1S/C15H19FN2O2/c1-10(13-3-2-8-20-13)18-14(19)9-17-15(18)11-4-6-12(16)7-5-11/h4-7,10,13,15,17H,2-3,8-9H2,1H3. The zero-order chi connectivity index (χ0) is 14.1. The number of amides is 1. The second kappa shape index (κ2) is 5.50. The molecule has 0 radical (unpaired) electrons. The number of carbonyl (C=O) groups excluding carboxylic acids is 1. The highest BCUT2D eigenvalue weighted by Gasteiger charge is 2.39. The number of ether oxygens (including phenoxy) is 1. The Bertz CT molecular complexity index is 485. The highest BCUT2D eigenvalue weighted by atomic mass is 19.1. The smallest absolute Gasteiger partial charge is 0.238 e. The van der Waals surface area contributed by atoms with E-state index in [1.54, 1.807) is 12.1 Å². The number of nitrogens with one attached hydrogen (secondary N) is 1. The molecule has 0 aromatic heterocycles. The van der Waals surface area contributed by atoms with E-state index in [-0.39, 0.29) is 30.0 Å². The fourth-order valence-corrected chi connectivity index (χ4v) is 3.07. The average Bonchev–Trinajstić information content (AvgIpc) is 3.08. The van der Waals surface area contributed by atoms with E-state index in [9.17, 15) is 9.18 Å². The van der Waals surface area contributed by atoms with Gasteiger partial charge in [0.15, 0.2) is 0 Å². The number of hydrogen-bond acceptors (Lipinski definition) is 3. The van der Waals surface area contributed by atoms with Crippen LogP contribution in [-0.2, 0) is 9.53 Å². The number of hydrogen-bond donors (Lipinski definition) is 1. The van der Waals surface area contributed by atoms with Crippen LogP contribution in [0.2, 0.25) is 0 Å². The summed E-state index contributed by atoms with van der Waals surface area (Å²) < 4.78 is 18.7. The van der Waals surface area contributed by atoms with Crippen LogP contribution in [0.3, 0.4) is 0 Å². The minimum Gasteiger partial charge on any atom is -0.376 e. The van der Waals surface area contributed by atoms with Crippen LogP contribution in [0.1, 0.15) is 31.5 Å². The van der Waals surface area contributed by atoms with Crippen LogP contribution >= 0.6 is 0 Å². The van der Waals surface area contributed by atoms with Gasteiger partial charge in [0.1, 0.15) is 12.0 Å². The van der Waals surface area contributed by atoms with Gasteiger partial charge in [-0.05, 0) is 37.5 Å². The number of halogens is 1. The van der Waals surface area contributed by atoms with Gasteiger partial charge in [0, 0.05) is 6.61 Å². The van der Waals surface area contributed by atoms with Gasteiger partial charge in [-0.25, -0.2) is 4.39 Å². The van der Waals surface area contributed by atoms with E-state index in [1.807, 2.05) is 11.8 Å². The molecule has 1 aromatic carbocycles. The van der Waals surface area contributed by atoms with E-state index >= 15 is 0 Å². The van der Waals surface area contributed by atoms with Crippen LogP contribution in [-0.4, -0.2) is 36.1 Å². The maximum absolute atomic E-state index is 13.0. The third-order valence-corrected chi connectivity index (χ3v) is 4.14. The Hall–Kier alpha value is -1.46. The van der Waals surface area contributed by atoms with Crippen molar-refractivity contribution in [2.75, 3.05) is 13.2 Å². The number of carbonyl (C=O) groups is 1. The summed E-state index contributed by atoms with van der Waals surface area (Å²) in [6.45, 7) is 3.11. The minimum atomic E-state index is -0.267. The van der Waals surface area contributed by atoms with Crippen LogP contribution in [0.15, 0.2) is 24.3 Å². The van der Waals surface area contributed by atoms with Gasteiger partial charge in [-0.2, -0.15) is 0 Å². The van der Waals surface area contributed by atoms with Crippen molar-refractivity contribution in [3.8, 4) is 0 Å². The van der Waals surface area contributed by atoms with E-state index in [2.05, 4.69) is 5.32 Å². The summed E-state index contributed by atoms with van der Waals surface area (Å²) >= 11 is 0. The summed E-state index contributed by atoms with van der Waals surface area (Å²) in [6, 6.07) is 6.32. The fraction of sp³-hybridized carbons (Fsp3) is 0.533. The third-order valence-electron chi connectivity index (χ3n) is 4.14. The molecule has 0 spiro atoms. The molecule has 1 aromatic rings. The van der Waals surface area contributed by atoms with Crippen molar-refractivity contribution in [1.82, 2.24) is 10.2 Å². The van der Waals surface area contributed by atoms with Crippen molar-refractivity contribution in [3.05, 3.63) is 35.6 Å². The normalized spacial score (nSPS) is 28.1. The average molecular weight is 278 g/mol. The molecule has 2 aliphatic rings. The summed E-state index contributed by atoms with van der Waals surface area (Å²) in [5.74, 6) is -0.195. The molecule has 0 saturated carbocycles. The lowest BCUT2D eigenvalue weighted by Gasteiger charge is -2.33. The molecule has 20 heavy (non-hydrogen) atoms. The monoisotopic (exact) mass is 278 g/mol. The van der Waals surface area contributed by atoms with E-state index in [1.165, 1.54) is 12.1 Å². The second-order valence-electron chi connectivity index (χ2n) is 5.43. The molecule has 2 saturated heterocycles. The van der Waals surface area contributed by atoms with Gasteiger partial charge < -0.3 is 9.64 Å². The maximum Gasteiger partial charge on any atom is 0.238 e. The molecule has 2 aliphatic heterocycles. The van der Waals surface area contributed by atoms with Gasteiger partial charge >= 0.3 is 0 Å². The van der Waals surface area contributed by atoms with Crippen LogP contribution in [0, 0.1) is 5.82 Å². The number of rotatable bonds is 3. The summed E-state index contributed by atoms with van der Waals surface area (Å²) in [5, 5.41) is 3.19. The van der Waals surface area contributed by atoms with E-state index in [0.717, 1.165) is 25.0 Å². The van der Waals surface area contributed by atoms with Gasteiger partial charge in [0.05, 0.1) is 18.7 Å². The summed E-state index contributed by atoms with van der Waals surface area (Å²) in [7, 11) is 0. The summed E-state index contributed by atoms with van der Waals surface area (Å²) in [6.07, 6.45) is 1.94. The van der Waals surface area contributed by atoms with Crippen LogP contribution < -0.4 is 5.32 Å². The SMILES string of the molecule is CC(C1CCCO1)N1C(=O)CNC1c1ccc(F)cc1. The van der Waals surface area contributed by atoms with E-state index in [0.29, 0.717) is 6.54 Å². The molecule has 5 heteroatoms. The molecular formula is C15H19FN2O2. The molecular weight excluding hydrogens is 259 g/mol. The highest BCUT2D eigenvalue weighted by molar-refractivity contribution is 5.81. The predicted octanol–water partition coefficient (Wildman–Crippen LogP) is 1.82. The summed E-state index contributed by atoms with van der Waals surface area (Å²) in [4.78, 5) is 14.0. The van der Waals surface area contributed by atoms with Crippen molar-refractivity contribution in [2.45, 2.75) is 38.1 Å². The number of benzene rings is 1. The zero-order valence-electron chi connectivity index (χ0n) is 11.5. The molecule has 1 amide bonds. The highest BCUT2D eigenvalue weighted by Crippen LogP contribution is 2.29. The first-order valence-corrected chi connectivity index (χ1v) is 7.08. The molecule has 0 bridgehead atoms. The van der Waals surface area contributed by atoms with E-state index < -0.39 is 0 Å². The Morgan fingerprint density at radius 1 is 1.40 bits per heavy atom. The Kier molecular flexibility index (Phi) is 3.72. The van der Waals surface area contributed by atoms with Gasteiger partial charge in [-0.15, -0.1) is 0 Å². The molecule has 4 nitrogen and oxygen atoms in total. The van der Waals surface area contributed by atoms with Gasteiger partial charge in [0.25, 0.3) is 0 Å². The lowest BCUT2D eigenvalue weighted by Crippen LogP contribution is -2.44. The number of nitrogens with zero attached hydrogens (tertiary/aromatic N) is 1. The molecule has 3 rings (SSSR count). The molecule has 0 aliphatic carbocycles. The molecule has 1 N–H and O–H groups in total. The maximum atomic E-state index is 13.0. The zero-order valence-corrected chi connectivity index (χ0v) is 11.5. The van der Waals surface area contributed by atoms with Gasteiger partial charge in [-0.1, -0.05) is 12.1 Å². The molecule has 3 unspecified atom stereocenters. The van der Waals surface area contributed by atoms with Crippen LogP contribution in [0.5, 0.6) is 0 Å². The van der Waals surface area contributed by atoms with Crippen molar-refractivity contribution in [2.24, 2.45) is 0 Å². The van der Waals surface area contributed by atoms with Gasteiger partial charge in [0.2, 0.25) is 5.91 Å². The van der Waals surface area contributed by atoms with Crippen LogP contribution in [0.25, 0.3) is 0 Å². The molecule has 3 atom stereocenters. The van der Waals surface area contributed by atoms with Gasteiger partial charge in [-0.3, -0.25) is 10.1 Å². The predicted molar refractivity (Wildman–Crippen MR) is 72.4 cm³/mol. The molecule has 108 valence electrons. The summed E-state index contributed by atoms with van der Waals surface area (Å²) in [5.41, 5.74) is 0.905. The minimum absolute atomic E-state index is 0.0232. The topological polar surface area (TPSA) is 41.6 Å². The fourth-order valence-electron chi connectivity index (χ4n) is 3.07. The Morgan fingerprint density at radius 2 is 2.15 bits per heavy atom. The first-order valence-electron chi connectivity index (χ1n) is 7.08. The van der Waals surface area contributed by atoms with Crippen molar-refractivity contribution < 1.29 is 13.9 Å². The van der Waals surface area contributed by atoms with Crippen molar-refractivity contribution >= 4 is 5.91 Å². The van der Waals surface area contributed by atoms with Crippen molar-refractivity contribution in [1.29, 1.82) is 0 Å². The van der Waals surface area contributed by atoms with Crippen molar-refractivity contribution in [3.63, 3.8) is 0 Å². The molecule has 2 heterocycles. The Balaban J connectivity index is 1.82. The lowest BCUT2D eigenvalue weighted by atomic mass is 10.1. The second-order valence-corrected chi connectivity index (χ2v) is 5.43. The molecule has 2 fully saturated rings. The first-order chi connectivity index (χ1) is 9.66. The lowest BCUT2D eigenvalue weighted by molar-refractivity contribution is -0.132. The van der Waals surface area contributed by atoms with Crippen LogP contribution in [0.4, 0.5) is 4.39 Å². The Morgan fingerprint density at radius 3 is 2.80 bits per heavy atom.